The van der Waals surface area contributed by atoms with Crippen molar-refractivity contribution < 1.29 is 19.3 Å². The highest BCUT2D eigenvalue weighted by atomic mass is 16.5. The van der Waals surface area contributed by atoms with Gasteiger partial charge < -0.3 is 24.6 Å². The molecule has 0 atom stereocenters. The smallest absolute Gasteiger partial charge is 0.227 e. The minimum atomic E-state index is 0.0508. The summed E-state index contributed by atoms with van der Waals surface area (Å²) >= 11 is 0. The molecule has 2 aromatic carbocycles. The Hall–Kier alpha value is -3.83. The van der Waals surface area contributed by atoms with Crippen molar-refractivity contribution in [1.82, 2.24) is 9.97 Å². The van der Waals surface area contributed by atoms with Gasteiger partial charge in [-0.2, -0.15) is 5.26 Å². The molecule has 8 nitrogen and oxygen atoms in total. The van der Waals surface area contributed by atoms with Crippen LogP contribution in [0.4, 0.5) is 11.6 Å². The quantitative estimate of drug-likeness (QED) is 0.578. The minimum absolute atomic E-state index is 0.0508. The molecular weight excluding hydrogens is 396 g/mol. The molecule has 0 amide bonds. The van der Waals surface area contributed by atoms with Crippen molar-refractivity contribution in [3.8, 4) is 34.6 Å². The van der Waals surface area contributed by atoms with Gasteiger partial charge >= 0.3 is 0 Å². The summed E-state index contributed by atoms with van der Waals surface area (Å²) in [6, 6.07) is 14.3. The third-order valence-electron chi connectivity index (χ3n) is 4.95. The van der Waals surface area contributed by atoms with Crippen LogP contribution in [0.25, 0.3) is 11.3 Å². The normalized spacial score (nSPS) is 13.9. The van der Waals surface area contributed by atoms with Gasteiger partial charge in [-0.3, -0.25) is 0 Å². The van der Waals surface area contributed by atoms with Crippen LogP contribution in [0.5, 0.6) is 17.2 Å². The van der Waals surface area contributed by atoms with E-state index in [1.165, 1.54) is 13.2 Å². The fourth-order valence-corrected chi connectivity index (χ4v) is 3.32. The predicted octanol–water partition coefficient (Wildman–Crippen LogP) is 4.03. The zero-order valence-electron chi connectivity index (χ0n) is 17.0. The number of anilines is 2. The van der Waals surface area contributed by atoms with E-state index in [9.17, 15) is 10.4 Å². The van der Waals surface area contributed by atoms with Gasteiger partial charge in [0.05, 0.1) is 31.6 Å². The van der Waals surface area contributed by atoms with Crippen LogP contribution < -0.4 is 14.8 Å². The summed E-state index contributed by atoms with van der Waals surface area (Å²) in [6.07, 6.45) is 3.33. The fourth-order valence-electron chi connectivity index (χ4n) is 3.32. The molecule has 1 saturated heterocycles. The molecule has 8 heteroatoms. The van der Waals surface area contributed by atoms with Crippen molar-refractivity contribution in [3.63, 3.8) is 0 Å². The summed E-state index contributed by atoms with van der Waals surface area (Å²) in [4.78, 5) is 8.79. The van der Waals surface area contributed by atoms with E-state index in [1.54, 1.807) is 30.5 Å². The topological polar surface area (TPSA) is 110 Å². The largest absolute Gasteiger partial charge is 0.504 e. The molecule has 158 valence electrons. The van der Waals surface area contributed by atoms with Crippen LogP contribution in [0.1, 0.15) is 18.4 Å². The number of nitriles is 1. The van der Waals surface area contributed by atoms with Crippen molar-refractivity contribution in [1.29, 1.82) is 5.26 Å². The van der Waals surface area contributed by atoms with Crippen molar-refractivity contribution in [3.05, 3.63) is 54.2 Å². The molecule has 0 aliphatic carbocycles. The number of aromatic hydroxyl groups is 1. The van der Waals surface area contributed by atoms with Gasteiger partial charge in [0.25, 0.3) is 0 Å². The molecule has 0 unspecified atom stereocenters. The van der Waals surface area contributed by atoms with Gasteiger partial charge in [-0.25, -0.2) is 9.97 Å². The summed E-state index contributed by atoms with van der Waals surface area (Å²) in [5.74, 6) is 1.35. The summed E-state index contributed by atoms with van der Waals surface area (Å²) in [5.41, 5.74) is 2.58. The second kappa shape index (κ2) is 9.32. The van der Waals surface area contributed by atoms with Gasteiger partial charge in [-0.15, -0.1) is 0 Å². The van der Waals surface area contributed by atoms with Gasteiger partial charge in [-0.1, -0.05) is 0 Å². The van der Waals surface area contributed by atoms with E-state index in [4.69, 9.17) is 14.2 Å². The Kier molecular flexibility index (Phi) is 6.15. The number of phenolic OH excluding ortho intramolecular Hbond substituents is 1. The molecule has 0 radical (unpaired) electrons. The van der Waals surface area contributed by atoms with Crippen LogP contribution in [-0.2, 0) is 4.74 Å². The first-order valence-corrected chi connectivity index (χ1v) is 9.92. The highest BCUT2D eigenvalue weighted by Gasteiger charge is 2.17. The Bertz CT molecular complexity index is 1110. The van der Waals surface area contributed by atoms with Crippen LogP contribution in [0.3, 0.4) is 0 Å². The summed E-state index contributed by atoms with van der Waals surface area (Å²) in [7, 11) is 1.48. The van der Waals surface area contributed by atoms with Gasteiger partial charge in [0.2, 0.25) is 5.95 Å². The van der Waals surface area contributed by atoms with Gasteiger partial charge in [-0.05, 0) is 36.4 Å². The highest BCUT2D eigenvalue weighted by molar-refractivity contribution is 5.66. The average molecular weight is 418 g/mol. The van der Waals surface area contributed by atoms with E-state index >= 15 is 0 Å². The fraction of sp³-hybridized carbons (Fsp3) is 0.261. The molecule has 2 N–H and O–H groups in total. The van der Waals surface area contributed by atoms with E-state index in [2.05, 4.69) is 21.4 Å². The molecule has 1 fully saturated rings. The molecule has 1 aromatic heterocycles. The molecule has 0 saturated carbocycles. The first-order chi connectivity index (χ1) is 15.2. The van der Waals surface area contributed by atoms with Crippen molar-refractivity contribution in [2.24, 2.45) is 0 Å². The molecule has 3 aromatic rings. The number of rotatable bonds is 6. The predicted molar refractivity (Wildman–Crippen MR) is 115 cm³/mol. The van der Waals surface area contributed by atoms with Gasteiger partial charge in [0, 0.05) is 36.4 Å². The first-order valence-electron chi connectivity index (χ1n) is 9.92. The number of nitrogens with zero attached hydrogens (tertiary/aromatic N) is 3. The molecule has 2 heterocycles. The lowest BCUT2D eigenvalue weighted by Crippen LogP contribution is -2.26. The standard InChI is InChI=1S/C23H22N4O4/c1-29-22-13-17(3-4-20(22)28)26-23-25-9-6-19(27-23)15-2-5-21(16(12-15)14-24)31-18-7-10-30-11-8-18/h2-6,9,12-13,18,28H,7-8,10-11H2,1H3,(H,25,26,27). The van der Waals surface area contributed by atoms with Crippen LogP contribution in [0.2, 0.25) is 0 Å². The zero-order valence-corrected chi connectivity index (χ0v) is 17.0. The zero-order chi connectivity index (χ0) is 21.6. The second-order valence-electron chi connectivity index (χ2n) is 7.03. The van der Waals surface area contributed by atoms with Crippen LogP contribution in [0, 0.1) is 11.3 Å². The van der Waals surface area contributed by atoms with Crippen LogP contribution in [0.15, 0.2) is 48.7 Å². The Morgan fingerprint density at radius 3 is 2.74 bits per heavy atom. The second-order valence-corrected chi connectivity index (χ2v) is 7.03. The molecule has 4 rings (SSSR count). The summed E-state index contributed by atoms with van der Waals surface area (Å²) in [6.45, 7) is 1.35. The maximum Gasteiger partial charge on any atom is 0.227 e. The van der Waals surface area contributed by atoms with Gasteiger partial charge in [0.1, 0.15) is 17.9 Å². The maximum absolute atomic E-state index is 9.74. The average Bonchev–Trinajstić information content (AvgIpc) is 2.81. The summed E-state index contributed by atoms with van der Waals surface area (Å²) in [5, 5.41) is 22.4. The Labute approximate surface area is 180 Å². The molecule has 31 heavy (non-hydrogen) atoms. The number of hydrogen-bond donors (Lipinski definition) is 2. The van der Waals surface area contributed by atoms with Gasteiger partial charge in [0.15, 0.2) is 11.5 Å². The molecule has 1 aliphatic heterocycles. The number of aromatic nitrogens is 2. The summed E-state index contributed by atoms with van der Waals surface area (Å²) < 4.78 is 16.5. The van der Waals surface area contributed by atoms with E-state index in [-0.39, 0.29) is 11.9 Å². The number of hydrogen-bond acceptors (Lipinski definition) is 8. The van der Waals surface area contributed by atoms with Crippen LogP contribution >= 0.6 is 0 Å². The monoisotopic (exact) mass is 418 g/mol. The van der Waals surface area contributed by atoms with Crippen LogP contribution in [-0.4, -0.2) is 41.5 Å². The Morgan fingerprint density at radius 1 is 1.13 bits per heavy atom. The number of methoxy groups -OCH3 is 1. The lowest BCUT2D eigenvalue weighted by atomic mass is 10.1. The highest BCUT2D eigenvalue weighted by Crippen LogP contribution is 2.31. The number of phenols is 1. The maximum atomic E-state index is 9.74. The third-order valence-corrected chi connectivity index (χ3v) is 4.95. The van der Waals surface area contributed by atoms with Crippen molar-refractivity contribution in [2.75, 3.05) is 25.6 Å². The minimum Gasteiger partial charge on any atom is -0.504 e. The number of ether oxygens (including phenoxy) is 3. The lowest BCUT2D eigenvalue weighted by molar-refractivity contribution is 0.0254. The van der Waals surface area contributed by atoms with E-state index in [1.807, 2.05) is 12.1 Å². The first kappa shape index (κ1) is 20.4. The van der Waals surface area contributed by atoms with Crippen molar-refractivity contribution >= 4 is 11.6 Å². The lowest BCUT2D eigenvalue weighted by Gasteiger charge is -2.23. The Balaban J connectivity index is 1.55. The van der Waals surface area contributed by atoms with Crippen molar-refractivity contribution in [2.45, 2.75) is 18.9 Å². The number of benzene rings is 2. The molecule has 1 aliphatic rings. The molecular formula is C23H22N4O4. The Morgan fingerprint density at radius 2 is 1.97 bits per heavy atom. The third kappa shape index (κ3) is 4.85. The van der Waals surface area contributed by atoms with E-state index in [0.717, 1.165) is 18.4 Å². The molecule has 0 spiro atoms. The molecule has 0 bridgehead atoms. The van der Waals surface area contributed by atoms with E-state index in [0.29, 0.717) is 47.6 Å². The van der Waals surface area contributed by atoms with E-state index < -0.39 is 0 Å². The number of nitrogens with one attached hydrogen (secondary N) is 1. The SMILES string of the molecule is COc1cc(Nc2nccc(-c3ccc(OC4CCOCC4)c(C#N)c3)n2)ccc1O.